The molecular formula is C23H26N4O. The maximum atomic E-state index is 12.3. The molecule has 4 rings (SSSR count). The van der Waals surface area contributed by atoms with E-state index in [9.17, 15) is 4.79 Å². The molecule has 144 valence electrons. The Morgan fingerprint density at radius 1 is 0.964 bits per heavy atom. The third-order valence-corrected chi connectivity index (χ3v) is 5.18. The average molecular weight is 374 g/mol. The average Bonchev–Trinajstić information content (AvgIpc) is 2.75. The minimum atomic E-state index is -0.0180. The molecule has 1 aliphatic rings. The molecule has 1 fully saturated rings. The van der Waals surface area contributed by atoms with E-state index in [0.29, 0.717) is 13.0 Å². The molecule has 5 heteroatoms. The van der Waals surface area contributed by atoms with Gasteiger partial charge in [0.25, 0.3) is 0 Å². The van der Waals surface area contributed by atoms with Crippen LogP contribution in [0.3, 0.4) is 0 Å². The van der Waals surface area contributed by atoms with Crippen molar-refractivity contribution in [2.75, 3.05) is 35.2 Å². The molecule has 1 saturated heterocycles. The summed E-state index contributed by atoms with van der Waals surface area (Å²) in [7, 11) is 0. The van der Waals surface area contributed by atoms with Crippen LogP contribution < -0.4 is 15.5 Å². The zero-order valence-electron chi connectivity index (χ0n) is 16.0. The number of rotatable bonds is 6. The molecule has 28 heavy (non-hydrogen) atoms. The quantitative estimate of drug-likeness (QED) is 0.658. The van der Waals surface area contributed by atoms with Gasteiger partial charge in [-0.3, -0.25) is 9.78 Å². The van der Waals surface area contributed by atoms with Crippen LogP contribution in [-0.2, 0) is 4.79 Å². The summed E-state index contributed by atoms with van der Waals surface area (Å²) < 4.78 is 0. The molecule has 0 atom stereocenters. The highest BCUT2D eigenvalue weighted by molar-refractivity contribution is 6.00. The maximum Gasteiger partial charge on any atom is 0.226 e. The number of pyridine rings is 1. The van der Waals surface area contributed by atoms with Crippen LogP contribution in [0, 0.1) is 0 Å². The van der Waals surface area contributed by atoms with E-state index in [1.807, 2.05) is 30.3 Å². The Morgan fingerprint density at radius 2 is 1.75 bits per heavy atom. The highest BCUT2D eigenvalue weighted by Crippen LogP contribution is 2.22. The molecule has 0 saturated carbocycles. The summed E-state index contributed by atoms with van der Waals surface area (Å²) in [5, 5.41) is 7.33. The van der Waals surface area contributed by atoms with Crippen molar-refractivity contribution in [1.29, 1.82) is 0 Å². The van der Waals surface area contributed by atoms with Gasteiger partial charge in [0.1, 0.15) is 0 Å². The lowest BCUT2D eigenvalue weighted by Crippen LogP contribution is -2.29. The zero-order valence-corrected chi connectivity index (χ0v) is 16.0. The third kappa shape index (κ3) is 4.42. The second-order valence-corrected chi connectivity index (χ2v) is 7.20. The molecular weight excluding hydrogens is 348 g/mol. The van der Waals surface area contributed by atoms with Gasteiger partial charge in [-0.2, -0.15) is 0 Å². The normalized spacial score (nSPS) is 14.1. The summed E-state index contributed by atoms with van der Waals surface area (Å²) in [4.78, 5) is 19.1. The van der Waals surface area contributed by atoms with E-state index in [0.717, 1.165) is 35.4 Å². The summed E-state index contributed by atoms with van der Waals surface area (Å²) >= 11 is 0. The number of amides is 1. The summed E-state index contributed by atoms with van der Waals surface area (Å²) in [5.74, 6) is -0.0180. The second-order valence-electron chi connectivity index (χ2n) is 7.20. The van der Waals surface area contributed by atoms with Crippen LogP contribution in [0.25, 0.3) is 10.9 Å². The molecule has 5 nitrogen and oxygen atoms in total. The molecule has 3 aromatic rings. The van der Waals surface area contributed by atoms with Crippen molar-refractivity contribution in [3.05, 3.63) is 60.8 Å². The summed E-state index contributed by atoms with van der Waals surface area (Å²) in [6, 6.07) is 18.2. The summed E-state index contributed by atoms with van der Waals surface area (Å²) in [6.45, 7) is 2.89. The van der Waals surface area contributed by atoms with Gasteiger partial charge in [0, 0.05) is 49.0 Å². The van der Waals surface area contributed by atoms with Gasteiger partial charge in [-0.15, -0.1) is 0 Å². The number of nitrogens with zero attached hydrogens (tertiary/aromatic N) is 2. The number of anilines is 3. The van der Waals surface area contributed by atoms with Crippen molar-refractivity contribution in [2.24, 2.45) is 0 Å². The minimum Gasteiger partial charge on any atom is -0.385 e. The van der Waals surface area contributed by atoms with Crippen molar-refractivity contribution < 1.29 is 4.79 Å². The fraction of sp³-hybridized carbons (Fsp3) is 0.304. The molecule has 1 amide bonds. The summed E-state index contributed by atoms with van der Waals surface area (Å²) in [6.07, 6.45) is 6.04. The Kier molecular flexibility index (Phi) is 5.71. The molecule has 2 N–H and O–H groups in total. The first-order valence-electron chi connectivity index (χ1n) is 10.0. The number of carbonyl (C=O) groups excluding carboxylic acids is 1. The second kappa shape index (κ2) is 8.74. The fourth-order valence-electron chi connectivity index (χ4n) is 3.68. The van der Waals surface area contributed by atoms with E-state index in [1.165, 1.54) is 24.9 Å². The first-order chi connectivity index (χ1) is 13.8. The largest absolute Gasteiger partial charge is 0.385 e. The van der Waals surface area contributed by atoms with Crippen LogP contribution in [0.1, 0.15) is 25.7 Å². The van der Waals surface area contributed by atoms with Gasteiger partial charge < -0.3 is 15.5 Å². The van der Waals surface area contributed by atoms with Crippen molar-refractivity contribution >= 4 is 33.9 Å². The number of piperidine rings is 1. The van der Waals surface area contributed by atoms with Gasteiger partial charge in [-0.05, 0) is 55.7 Å². The number of benzene rings is 2. The van der Waals surface area contributed by atoms with Crippen molar-refractivity contribution in [1.82, 2.24) is 4.98 Å². The van der Waals surface area contributed by atoms with Crippen LogP contribution in [0.2, 0.25) is 0 Å². The van der Waals surface area contributed by atoms with Crippen LogP contribution in [0.4, 0.5) is 17.1 Å². The van der Waals surface area contributed by atoms with Crippen LogP contribution in [0.15, 0.2) is 60.8 Å². The van der Waals surface area contributed by atoms with Gasteiger partial charge in [-0.25, -0.2) is 0 Å². The number of nitrogens with one attached hydrogen (secondary N) is 2. The highest BCUT2D eigenvalue weighted by Gasteiger charge is 2.10. The molecule has 0 aliphatic carbocycles. The Bertz CT molecular complexity index is 927. The minimum absolute atomic E-state index is 0.0180. The predicted molar refractivity (Wildman–Crippen MR) is 116 cm³/mol. The van der Waals surface area contributed by atoms with Gasteiger partial charge >= 0.3 is 0 Å². The highest BCUT2D eigenvalue weighted by atomic mass is 16.1. The lowest BCUT2D eigenvalue weighted by molar-refractivity contribution is -0.115. The molecule has 0 unspecified atom stereocenters. The Balaban J connectivity index is 1.28. The van der Waals surface area contributed by atoms with Crippen molar-refractivity contribution in [3.63, 3.8) is 0 Å². The number of carbonyl (C=O) groups is 1. The van der Waals surface area contributed by atoms with Gasteiger partial charge in [0.2, 0.25) is 5.91 Å². The topological polar surface area (TPSA) is 57.3 Å². The molecule has 2 heterocycles. The molecule has 2 aromatic carbocycles. The SMILES string of the molecule is O=C(CCNc1ccc(N2CCCCC2)cc1)Nc1cccc2cccnc12. The van der Waals surface area contributed by atoms with E-state index in [-0.39, 0.29) is 5.91 Å². The van der Waals surface area contributed by atoms with E-state index in [1.54, 1.807) is 6.20 Å². The Labute approximate surface area is 165 Å². The monoisotopic (exact) mass is 374 g/mol. The number of aromatic nitrogens is 1. The third-order valence-electron chi connectivity index (χ3n) is 5.18. The molecule has 1 aliphatic heterocycles. The number of hydrogen-bond acceptors (Lipinski definition) is 4. The first-order valence-corrected chi connectivity index (χ1v) is 10.0. The van der Waals surface area contributed by atoms with Crippen LogP contribution >= 0.6 is 0 Å². The Hall–Kier alpha value is -3.08. The molecule has 0 radical (unpaired) electrons. The van der Waals surface area contributed by atoms with E-state index in [2.05, 4.69) is 44.8 Å². The molecule has 1 aromatic heterocycles. The smallest absolute Gasteiger partial charge is 0.226 e. The number of para-hydroxylation sites is 1. The maximum absolute atomic E-state index is 12.3. The Morgan fingerprint density at radius 3 is 2.57 bits per heavy atom. The fourth-order valence-corrected chi connectivity index (χ4v) is 3.68. The van der Waals surface area contributed by atoms with Crippen LogP contribution in [0.5, 0.6) is 0 Å². The number of fused-ring (bicyclic) bond motifs is 1. The van der Waals surface area contributed by atoms with Gasteiger partial charge in [0.15, 0.2) is 0 Å². The van der Waals surface area contributed by atoms with Crippen LogP contribution in [-0.4, -0.2) is 30.5 Å². The van der Waals surface area contributed by atoms with E-state index < -0.39 is 0 Å². The molecule has 0 bridgehead atoms. The lowest BCUT2D eigenvalue weighted by Gasteiger charge is -2.28. The zero-order chi connectivity index (χ0) is 19.2. The lowest BCUT2D eigenvalue weighted by atomic mass is 10.1. The van der Waals surface area contributed by atoms with Crippen molar-refractivity contribution in [3.8, 4) is 0 Å². The predicted octanol–water partition coefficient (Wildman–Crippen LogP) is 4.67. The molecule has 0 spiro atoms. The standard InChI is InChI=1S/C23H26N4O/c28-22(26-21-8-4-6-18-7-5-14-25-23(18)21)13-15-24-19-9-11-20(12-10-19)27-16-2-1-3-17-27/h4-12,14,24H,1-3,13,15-17H2,(H,26,28). The number of hydrogen-bond donors (Lipinski definition) is 2. The van der Waals surface area contributed by atoms with Crippen molar-refractivity contribution in [2.45, 2.75) is 25.7 Å². The first kappa shape index (κ1) is 18.3. The summed E-state index contributed by atoms with van der Waals surface area (Å²) in [5.41, 5.74) is 3.90. The van der Waals surface area contributed by atoms with E-state index >= 15 is 0 Å². The van der Waals surface area contributed by atoms with Gasteiger partial charge in [0.05, 0.1) is 11.2 Å². The van der Waals surface area contributed by atoms with E-state index in [4.69, 9.17) is 0 Å². The van der Waals surface area contributed by atoms with Gasteiger partial charge in [-0.1, -0.05) is 18.2 Å².